The average molecular weight is 559 g/mol. The molecule has 3 aliphatic rings. The number of morpholine rings is 1. The number of ether oxygens (including phenoxy) is 1. The number of benzene rings is 1. The normalized spacial score (nSPS) is 24.1. The molecule has 1 atom stereocenters. The maximum atomic E-state index is 13.9. The third-order valence-electron chi connectivity index (χ3n) is 8.47. The van der Waals surface area contributed by atoms with Gasteiger partial charge in [0.2, 0.25) is 0 Å². The van der Waals surface area contributed by atoms with Gasteiger partial charge in [0.1, 0.15) is 0 Å². The molecule has 2 aliphatic carbocycles. The average Bonchev–Trinajstić information content (AvgIpc) is 2.95. The predicted octanol–water partition coefficient (Wildman–Crippen LogP) is 5.56. The fourth-order valence-corrected chi connectivity index (χ4v) is 6.68. The first-order valence-electron chi connectivity index (χ1n) is 13.9. The molecule has 204 valence electrons. The second-order valence-electron chi connectivity index (χ2n) is 10.8. The molecule has 6 nitrogen and oxygen atoms in total. The van der Waals surface area contributed by atoms with Crippen LogP contribution in [0, 0.1) is 11.8 Å². The Bertz CT molecular complexity index is 1280. The lowest BCUT2D eigenvalue weighted by Crippen LogP contribution is -2.41. The first kappa shape index (κ1) is 27.4. The van der Waals surface area contributed by atoms with Crippen LogP contribution in [0.2, 0.25) is 10.0 Å². The molecule has 1 aromatic carbocycles. The van der Waals surface area contributed by atoms with Crippen LogP contribution in [0.25, 0.3) is 0 Å². The molecule has 1 saturated heterocycles. The molecule has 0 amide bonds. The molecule has 1 saturated carbocycles. The third kappa shape index (κ3) is 6.36. The van der Waals surface area contributed by atoms with Crippen molar-refractivity contribution in [3.05, 3.63) is 90.2 Å². The lowest BCUT2D eigenvalue weighted by molar-refractivity contribution is 0.0368. The van der Waals surface area contributed by atoms with Gasteiger partial charge in [0, 0.05) is 43.9 Å². The summed E-state index contributed by atoms with van der Waals surface area (Å²) in [6.07, 6.45) is 15.2. The van der Waals surface area contributed by atoms with Gasteiger partial charge in [-0.25, -0.2) is 4.79 Å². The van der Waals surface area contributed by atoms with Crippen LogP contribution in [-0.4, -0.2) is 47.3 Å². The number of hydrogen-bond acceptors (Lipinski definition) is 4. The standard InChI is InChI=1S/C30H37Cl2N3O3/c31-26-9-4-8-24(27(26)32)20-25-28(23-12-10-22(11-13-23)21-6-2-1-3-7-21)33-30(37)35(29(25)36)15-5-14-34-16-18-38-19-17-34/h1-4,6,8-9,21-23H,5,7,10-20H2,(H,33,37). The van der Waals surface area contributed by atoms with Crippen molar-refractivity contribution in [2.45, 2.75) is 57.4 Å². The van der Waals surface area contributed by atoms with Crippen molar-refractivity contribution in [3.63, 3.8) is 0 Å². The van der Waals surface area contributed by atoms with Gasteiger partial charge >= 0.3 is 5.69 Å². The van der Waals surface area contributed by atoms with Gasteiger partial charge in [-0.15, -0.1) is 0 Å². The smallest absolute Gasteiger partial charge is 0.328 e. The van der Waals surface area contributed by atoms with Gasteiger partial charge in [-0.1, -0.05) is 59.6 Å². The van der Waals surface area contributed by atoms with Crippen LogP contribution in [0.5, 0.6) is 0 Å². The van der Waals surface area contributed by atoms with Crippen molar-refractivity contribution in [1.29, 1.82) is 0 Å². The SMILES string of the molecule is O=c1[nH]c(C2CCC(C3C=CC=CC3)CC2)c(Cc2cccc(Cl)c2Cl)c(=O)n1CCCN1CCOCC1. The summed E-state index contributed by atoms with van der Waals surface area (Å²) >= 11 is 12.8. The van der Waals surface area contributed by atoms with Gasteiger partial charge in [-0.2, -0.15) is 0 Å². The molecule has 2 aromatic rings. The van der Waals surface area contributed by atoms with Crippen LogP contribution in [0.15, 0.2) is 52.1 Å². The molecular formula is C30H37Cl2N3O3. The Hall–Kier alpha value is -2.12. The van der Waals surface area contributed by atoms with Crippen molar-refractivity contribution in [3.8, 4) is 0 Å². The Morgan fingerprint density at radius 1 is 1.00 bits per heavy atom. The Labute approximate surface area is 234 Å². The maximum Gasteiger partial charge on any atom is 0.328 e. The molecule has 1 unspecified atom stereocenters. The van der Waals surface area contributed by atoms with E-state index in [0.717, 1.165) is 82.6 Å². The fourth-order valence-electron chi connectivity index (χ4n) is 6.29. The summed E-state index contributed by atoms with van der Waals surface area (Å²) < 4.78 is 6.80. The largest absolute Gasteiger partial charge is 0.379 e. The van der Waals surface area contributed by atoms with Crippen molar-refractivity contribution < 1.29 is 4.74 Å². The Kier molecular flexibility index (Phi) is 9.26. The molecule has 5 rings (SSSR count). The lowest BCUT2D eigenvalue weighted by Gasteiger charge is -2.33. The van der Waals surface area contributed by atoms with Gasteiger partial charge in [-0.05, 0) is 67.9 Å². The van der Waals surface area contributed by atoms with Gasteiger partial charge in [0.05, 0.1) is 23.3 Å². The number of hydrogen-bond donors (Lipinski definition) is 1. The number of nitrogens with one attached hydrogen (secondary N) is 1. The van der Waals surface area contributed by atoms with Crippen molar-refractivity contribution in [1.82, 2.24) is 14.5 Å². The van der Waals surface area contributed by atoms with E-state index in [1.807, 2.05) is 12.1 Å². The Morgan fingerprint density at radius 3 is 2.53 bits per heavy atom. The second-order valence-corrected chi connectivity index (χ2v) is 11.6. The van der Waals surface area contributed by atoms with E-state index >= 15 is 0 Å². The molecule has 0 spiro atoms. The van der Waals surface area contributed by atoms with E-state index in [4.69, 9.17) is 27.9 Å². The number of rotatable bonds is 8. The predicted molar refractivity (Wildman–Crippen MR) is 154 cm³/mol. The first-order chi connectivity index (χ1) is 18.5. The number of nitrogens with zero attached hydrogens (tertiary/aromatic N) is 2. The number of allylic oxidation sites excluding steroid dienone is 4. The van der Waals surface area contributed by atoms with Crippen LogP contribution in [0.3, 0.4) is 0 Å². The molecule has 2 fully saturated rings. The molecule has 1 N–H and O–H groups in total. The first-order valence-corrected chi connectivity index (χ1v) is 14.7. The topological polar surface area (TPSA) is 67.3 Å². The summed E-state index contributed by atoms with van der Waals surface area (Å²) in [6.45, 7) is 4.46. The summed E-state index contributed by atoms with van der Waals surface area (Å²) in [7, 11) is 0. The summed E-state index contributed by atoms with van der Waals surface area (Å²) in [5.74, 6) is 1.39. The quantitative estimate of drug-likeness (QED) is 0.461. The summed E-state index contributed by atoms with van der Waals surface area (Å²) in [6, 6.07) is 5.51. The summed E-state index contributed by atoms with van der Waals surface area (Å²) in [5, 5.41) is 0.932. The number of H-pyrrole nitrogens is 1. The Morgan fingerprint density at radius 2 is 1.79 bits per heavy atom. The highest BCUT2D eigenvalue weighted by Gasteiger charge is 2.30. The van der Waals surface area contributed by atoms with E-state index in [-0.39, 0.29) is 17.2 Å². The second kappa shape index (κ2) is 12.8. The highest BCUT2D eigenvalue weighted by Crippen LogP contribution is 2.41. The van der Waals surface area contributed by atoms with E-state index in [1.165, 1.54) is 4.57 Å². The number of aromatic nitrogens is 2. The third-order valence-corrected chi connectivity index (χ3v) is 9.33. The Balaban J connectivity index is 1.39. The van der Waals surface area contributed by atoms with E-state index in [2.05, 4.69) is 34.2 Å². The van der Waals surface area contributed by atoms with Gasteiger partial charge in [0.15, 0.2) is 0 Å². The molecule has 1 aromatic heterocycles. The van der Waals surface area contributed by atoms with Crippen LogP contribution >= 0.6 is 23.2 Å². The molecule has 8 heteroatoms. The maximum absolute atomic E-state index is 13.9. The zero-order valence-corrected chi connectivity index (χ0v) is 23.4. The highest BCUT2D eigenvalue weighted by molar-refractivity contribution is 6.42. The molecule has 0 bridgehead atoms. The number of halogens is 2. The van der Waals surface area contributed by atoms with Gasteiger partial charge in [-0.3, -0.25) is 14.3 Å². The van der Waals surface area contributed by atoms with Crippen molar-refractivity contribution >= 4 is 23.2 Å². The molecule has 38 heavy (non-hydrogen) atoms. The van der Waals surface area contributed by atoms with E-state index in [9.17, 15) is 9.59 Å². The van der Waals surface area contributed by atoms with Crippen LogP contribution in [0.4, 0.5) is 0 Å². The minimum absolute atomic E-state index is 0.158. The van der Waals surface area contributed by atoms with E-state index in [1.54, 1.807) is 6.07 Å². The lowest BCUT2D eigenvalue weighted by atomic mass is 9.72. The van der Waals surface area contributed by atoms with E-state index < -0.39 is 0 Å². The van der Waals surface area contributed by atoms with Gasteiger partial charge < -0.3 is 9.72 Å². The van der Waals surface area contributed by atoms with Crippen molar-refractivity contribution in [2.75, 3.05) is 32.8 Å². The molecular weight excluding hydrogens is 521 g/mol. The molecule has 0 radical (unpaired) electrons. The molecule has 2 heterocycles. The minimum Gasteiger partial charge on any atom is -0.379 e. The summed E-state index contributed by atoms with van der Waals surface area (Å²) in [4.78, 5) is 32.6. The summed E-state index contributed by atoms with van der Waals surface area (Å²) in [5.41, 5.74) is 1.72. The highest BCUT2D eigenvalue weighted by atomic mass is 35.5. The molecule has 1 aliphatic heterocycles. The zero-order chi connectivity index (χ0) is 26.5. The van der Waals surface area contributed by atoms with Crippen LogP contribution < -0.4 is 11.2 Å². The van der Waals surface area contributed by atoms with Crippen LogP contribution in [0.1, 0.15) is 61.3 Å². The minimum atomic E-state index is -0.310. The monoisotopic (exact) mass is 557 g/mol. The van der Waals surface area contributed by atoms with Crippen LogP contribution in [-0.2, 0) is 17.7 Å². The number of aromatic amines is 1. The fraction of sp³-hybridized carbons (Fsp3) is 0.533. The van der Waals surface area contributed by atoms with Gasteiger partial charge in [0.25, 0.3) is 5.56 Å². The van der Waals surface area contributed by atoms with Crippen molar-refractivity contribution in [2.24, 2.45) is 11.8 Å². The zero-order valence-electron chi connectivity index (χ0n) is 21.8. The van der Waals surface area contributed by atoms with E-state index in [0.29, 0.717) is 40.4 Å².